The second-order valence-electron chi connectivity index (χ2n) is 16.4. The van der Waals surface area contributed by atoms with E-state index >= 15 is 0 Å². The van der Waals surface area contributed by atoms with Crippen molar-refractivity contribution in [3.05, 3.63) is 24.3 Å². The first-order valence-electron chi connectivity index (χ1n) is 20.6. The summed E-state index contributed by atoms with van der Waals surface area (Å²) in [6.45, 7) is 12.1. The summed E-state index contributed by atoms with van der Waals surface area (Å²) in [7, 11) is 4.90. The Bertz CT molecular complexity index is 1370. The van der Waals surface area contributed by atoms with Crippen LogP contribution in [0.2, 0.25) is 0 Å². The molecule has 2 saturated heterocycles. The zero-order valence-corrected chi connectivity index (χ0v) is 35.9. The van der Waals surface area contributed by atoms with Gasteiger partial charge < -0.3 is 62.9 Å². The van der Waals surface area contributed by atoms with Gasteiger partial charge in [-0.2, -0.15) is 0 Å². The van der Waals surface area contributed by atoms with Crippen molar-refractivity contribution >= 4 is 24.2 Å². The van der Waals surface area contributed by atoms with Crippen LogP contribution in [0.1, 0.15) is 99.8 Å². The zero-order chi connectivity index (χ0) is 43.3. The Morgan fingerprint density at radius 3 is 2.24 bits per heavy atom. The Hall–Kier alpha value is -2.80. The van der Waals surface area contributed by atoms with E-state index in [0.717, 1.165) is 6.29 Å². The average Bonchev–Trinajstić information content (AvgIpc) is 3.12. The topological polar surface area (TPSA) is 206 Å². The van der Waals surface area contributed by atoms with Gasteiger partial charge in [-0.15, -0.1) is 0 Å². The van der Waals surface area contributed by atoms with E-state index in [2.05, 4.69) is 0 Å². The van der Waals surface area contributed by atoms with Gasteiger partial charge in [-0.25, -0.2) is 0 Å². The summed E-state index contributed by atoms with van der Waals surface area (Å²) in [5, 5.41) is 34.0. The number of ether oxygens (including phenoxy) is 8. The summed E-state index contributed by atoms with van der Waals surface area (Å²) in [5.74, 6) is -2.47. The van der Waals surface area contributed by atoms with Crippen molar-refractivity contribution in [2.45, 2.75) is 185 Å². The van der Waals surface area contributed by atoms with Gasteiger partial charge in [0.05, 0.1) is 36.9 Å². The minimum Gasteiger partial charge on any atom is -0.462 e. The largest absolute Gasteiger partial charge is 0.462 e. The number of carbonyl (C=O) groups excluding carboxylic acids is 4. The third-order valence-electron chi connectivity index (χ3n) is 10.9. The van der Waals surface area contributed by atoms with Crippen LogP contribution in [0, 0.1) is 11.8 Å². The van der Waals surface area contributed by atoms with E-state index in [1.807, 2.05) is 19.9 Å². The lowest BCUT2D eigenvalue weighted by molar-refractivity contribution is -0.344. The SMILES string of the molecule is CCCC(=O)O[C@H]1[C@H](C)OC(O[C@H]2[C@H](N(C)C)[C@@H](O)C(OC3C(CC=O)CC(C)C=CC=CC(O)CC(C)OC(=O)CC(OC(=O)CC)C3OC)O[C@@H]2C)C[C@@]1(C)O. The molecule has 9 unspecified atom stereocenters. The van der Waals surface area contributed by atoms with Crippen molar-refractivity contribution in [2.24, 2.45) is 11.8 Å². The highest BCUT2D eigenvalue weighted by molar-refractivity contribution is 5.72. The normalized spacial score (nSPS) is 39.5. The third kappa shape index (κ3) is 14.2. The van der Waals surface area contributed by atoms with Crippen LogP contribution in [0.25, 0.3) is 0 Å². The van der Waals surface area contributed by atoms with Crippen LogP contribution in [0.15, 0.2) is 24.3 Å². The minimum atomic E-state index is -1.48. The standard InChI is InChI=1S/C42H69NO15/c1-11-15-32(47)56-40-27(6)53-34(23-42(40,7)50)57-37-26(5)54-41(36(49)35(37)43(8)9)58-38-28(18-19-44)20-24(3)16-13-14-17-29(45)21-25(4)52-33(48)22-30(39(38)51-10)55-31(46)12-2/h13-14,16-17,19,24-30,34-41,45,49-50H,11-12,15,18,20-23H2,1-10H3/t24?,25?,26-,27+,28?,29?,30?,34?,35-,36-,37-,38?,39?,40+,41?,42-/m1/s1. The number of allylic oxidation sites excluding steroid dienone is 3. The van der Waals surface area contributed by atoms with Crippen LogP contribution in [-0.2, 0) is 57.1 Å². The molecule has 3 aliphatic heterocycles. The van der Waals surface area contributed by atoms with Gasteiger partial charge in [-0.05, 0) is 66.5 Å². The van der Waals surface area contributed by atoms with Gasteiger partial charge in [0.15, 0.2) is 18.7 Å². The molecular formula is C42H69NO15. The fourth-order valence-corrected chi connectivity index (χ4v) is 8.09. The maximum Gasteiger partial charge on any atom is 0.309 e. The van der Waals surface area contributed by atoms with Gasteiger partial charge in [-0.1, -0.05) is 45.1 Å². The highest BCUT2D eigenvalue weighted by Crippen LogP contribution is 2.37. The van der Waals surface area contributed by atoms with Gasteiger partial charge >= 0.3 is 17.9 Å². The predicted molar refractivity (Wildman–Crippen MR) is 210 cm³/mol. The molecule has 3 aliphatic rings. The van der Waals surface area contributed by atoms with Crippen LogP contribution in [0.4, 0.5) is 0 Å². The number of methoxy groups -OCH3 is 1. The highest BCUT2D eigenvalue weighted by Gasteiger charge is 2.53. The van der Waals surface area contributed by atoms with Crippen molar-refractivity contribution in [2.75, 3.05) is 21.2 Å². The summed E-state index contributed by atoms with van der Waals surface area (Å²) in [5.41, 5.74) is -1.48. The predicted octanol–water partition coefficient (Wildman–Crippen LogP) is 3.16. The van der Waals surface area contributed by atoms with E-state index < -0.39 is 116 Å². The second kappa shape index (κ2) is 23.3. The van der Waals surface area contributed by atoms with Crippen molar-refractivity contribution in [1.82, 2.24) is 4.90 Å². The molecule has 2 fully saturated rings. The van der Waals surface area contributed by atoms with Crippen molar-refractivity contribution in [3.63, 3.8) is 0 Å². The van der Waals surface area contributed by atoms with E-state index in [-0.39, 0.29) is 38.0 Å². The van der Waals surface area contributed by atoms with E-state index in [0.29, 0.717) is 12.8 Å². The van der Waals surface area contributed by atoms with Crippen LogP contribution >= 0.6 is 0 Å². The highest BCUT2D eigenvalue weighted by atomic mass is 16.7. The van der Waals surface area contributed by atoms with Crippen LogP contribution in [0.3, 0.4) is 0 Å². The summed E-state index contributed by atoms with van der Waals surface area (Å²) in [6.07, 6.45) is -3.25. The quantitative estimate of drug-likeness (QED) is 0.139. The van der Waals surface area contributed by atoms with Crippen LogP contribution in [0.5, 0.6) is 0 Å². The molecule has 0 aliphatic carbocycles. The number of cyclic esters (lactones) is 1. The first-order valence-corrected chi connectivity index (χ1v) is 20.6. The molecule has 0 aromatic heterocycles. The molecule has 3 heterocycles. The molecule has 0 aromatic carbocycles. The van der Waals surface area contributed by atoms with Crippen molar-refractivity contribution in [3.8, 4) is 0 Å². The maximum atomic E-state index is 13.3. The second-order valence-corrected chi connectivity index (χ2v) is 16.4. The van der Waals surface area contributed by atoms with Crippen LogP contribution in [-0.4, -0.2) is 151 Å². The molecule has 0 bridgehead atoms. The first-order chi connectivity index (χ1) is 27.3. The van der Waals surface area contributed by atoms with Gasteiger partial charge in [-0.3, -0.25) is 14.4 Å². The molecule has 0 amide bonds. The molecule has 16 heteroatoms. The van der Waals surface area contributed by atoms with Gasteiger partial charge in [0, 0.05) is 39.2 Å². The number of esters is 3. The molecule has 16 atom stereocenters. The molecule has 0 aromatic rings. The minimum absolute atomic E-state index is 0.000517. The summed E-state index contributed by atoms with van der Waals surface area (Å²) >= 11 is 0. The number of hydrogen-bond acceptors (Lipinski definition) is 16. The number of aliphatic hydroxyl groups excluding tert-OH is 2. The number of nitrogens with zero attached hydrogens (tertiary/aromatic N) is 1. The third-order valence-corrected chi connectivity index (χ3v) is 10.9. The number of aldehydes is 1. The molecular weight excluding hydrogens is 758 g/mol. The fraction of sp³-hybridized carbons (Fsp3) is 0.810. The lowest BCUT2D eigenvalue weighted by Crippen LogP contribution is -2.66. The molecule has 16 nitrogen and oxygen atoms in total. The Balaban J connectivity index is 1.99. The molecule has 0 saturated carbocycles. The first kappa shape index (κ1) is 49.6. The number of rotatable bonds is 13. The molecule has 0 spiro atoms. The fourth-order valence-electron chi connectivity index (χ4n) is 8.09. The van der Waals surface area contributed by atoms with Gasteiger partial charge in [0.25, 0.3) is 0 Å². The lowest BCUT2D eigenvalue weighted by Gasteiger charge is -2.50. The number of hydrogen-bond donors (Lipinski definition) is 3. The van der Waals surface area contributed by atoms with Crippen molar-refractivity contribution in [1.29, 1.82) is 0 Å². The monoisotopic (exact) mass is 827 g/mol. The Kier molecular flexibility index (Phi) is 19.9. The molecule has 3 N–H and O–H groups in total. The Morgan fingerprint density at radius 1 is 0.948 bits per heavy atom. The van der Waals surface area contributed by atoms with E-state index in [1.165, 1.54) is 7.11 Å². The molecule has 332 valence electrons. The van der Waals surface area contributed by atoms with E-state index in [1.54, 1.807) is 71.8 Å². The maximum absolute atomic E-state index is 13.3. The number of likely N-dealkylation sites (N-methyl/N-ethyl adjacent to an activating group) is 1. The summed E-state index contributed by atoms with van der Waals surface area (Å²) < 4.78 is 48.7. The smallest absolute Gasteiger partial charge is 0.309 e. The van der Waals surface area contributed by atoms with Crippen molar-refractivity contribution < 1.29 is 72.4 Å². The van der Waals surface area contributed by atoms with Gasteiger partial charge in [0.1, 0.15) is 42.4 Å². The average molecular weight is 828 g/mol. The number of carbonyl (C=O) groups is 4. The lowest BCUT2D eigenvalue weighted by atomic mass is 9.84. The van der Waals surface area contributed by atoms with E-state index in [4.69, 9.17) is 37.9 Å². The molecule has 0 radical (unpaired) electrons. The van der Waals surface area contributed by atoms with E-state index in [9.17, 15) is 34.5 Å². The summed E-state index contributed by atoms with van der Waals surface area (Å²) in [6, 6.07) is -0.761. The Morgan fingerprint density at radius 2 is 1.64 bits per heavy atom. The zero-order valence-electron chi connectivity index (χ0n) is 35.9. The summed E-state index contributed by atoms with van der Waals surface area (Å²) in [4.78, 5) is 52.6. The molecule has 58 heavy (non-hydrogen) atoms. The number of aliphatic hydroxyl groups is 3. The van der Waals surface area contributed by atoms with Gasteiger partial charge in [0.2, 0.25) is 0 Å². The Labute approximate surface area is 343 Å². The van der Waals surface area contributed by atoms with Crippen LogP contribution < -0.4 is 0 Å². The molecule has 3 rings (SSSR count).